The maximum atomic E-state index is 12.4. The van der Waals surface area contributed by atoms with Crippen LogP contribution in [-0.2, 0) is 24.3 Å². The summed E-state index contributed by atoms with van der Waals surface area (Å²) in [4.78, 5) is 24.2. The average molecular weight is 439 g/mol. The lowest BCUT2D eigenvalue weighted by Gasteiger charge is -2.12. The summed E-state index contributed by atoms with van der Waals surface area (Å²) in [5.74, 6) is 1.02. The molecular formula is C24H23ClN2O4. The molecular weight excluding hydrogens is 416 g/mol. The SMILES string of the molecule is O=C(Cc1cc(Cl)c2c(c1)OCCCO2)NCc1ccc(Cn2ccccc2=O)cc1. The topological polar surface area (TPSA) is 69.6 Å². The Kier molecular flexibility index (Phi) is 6.57. The molecule has 0 spiro atoms. The van der Waals surface area contributed by atoms with Crippen LogP contribution in [0, 0.1) is 0 Å². The van der Waals surface area contributed by atoms with E-state index in [0.29, 0.717) is 42.8 Å². The van der Waals surface area contributed by atoms with Gasteiger partial charge < -0.3 is 19.4 Å². The van der Waals surface area contributed by atoms with E-state index in [1.165, 1.54) is 0 Å². The number of carbonyl (C=O) groups is 1. The van der Waals surface area contributed by atoms with E-state index in [0.717, 1.165) is 23.1 Å². The monoisotopic (exact) mass is 438 g/mol. The van der Waals surface area contributed by atoms with E-state index >= 15 is 0 Å². The summed E-state index contributed by atoms with van der Waals surface area (Å²) in [6, 6.07) is 16.5. The van der Waals surface area contributed by atoms with Crippen molar-refractivity contribution in [2.45, 2.75) is 25.9 Å². The summed E-state index contributed by atoms with van der Waals surface area (Å²) in [6.45, 7) is 2.06. The number of benzene rings is 2. The van der Waals surface area contributed by atoms with Crippen LogP contribution in [0.5, 0.6) is 11.5 Å². The van der Waals surface area contributed by atoms with E-state index in [1.807, 2.05) is 36.4 Å². The first-order chi connectivity index (χ1) is 15.1. The van der Waals surface area contributed by atoms with Crippen molar-refractivity contribution in [1.29, 1.82) is 0 Å². The van der Waals surface area contributed by atoms with E-state index < -0.39 is 0 Å². The third-order valence-electron chi connectivity index (χ3n) is 4.99. The fraction of sp³-hybridized carbons (Fsp3) is 0.250. The van der Waals surface area contributed by atoms with Crippen LogP contribution in [-0.4, -0.2) is 23.7 Å². The number of pyridine rings is 1. The van der Waals surface area contributed by atoms with Gasteiger partial charge in [0.15, 0.2) is 11.5 Å². The molecule has 1 aliphatic heterocycles. The lowest BCUT2D eigenvalue weighted by atomic mass is 10.1. The predicted octanol–water partition coefficient (Wildman–Crippen LogP) is 3.57. The second-order valence-electron chi connectivity index (χ2n) is 7.39. The highest BCUT2D eigenvalue weighted by Gasteiger charge is 2.16. The molecule has 31 heavy (non-hydrogen) atoms. The summed E-state index contributed by atoms with van der Waals surface area (Å²) >= 11 is 6.30. The zero-order valence-corrected chi connectivity index (χ0v) is 17.7. The summed E-state index contributed by atoms with van der Waals surface area (Å²) in [7, 11) is 0. The number of rotatable bonds is 6. The lowest BCUT2D eigenvalue weighted by molar-refractivity contribution is -0.120. The van der Waals surface area contributed by atoms with Gasteiger partial charge >= 0.3 is 0 Å². The molecule has 160 valence electrons. The predicted molar refractivity (Wildman–Crippen MR) is 119 cm³/mol. The van der Waals surface area contributed by atoms with E-state index in [9.17, 15) is 9.59 Å². The van der Waals surface area contributed by atoms with Crippen molar-refractivity contribution in [2.24, 2.45) is 0 Å². The molecule has 0 aliphatic carbocycles. The van der Waals surface area contributed by atoms with Crippen molar-refractivity contribution in [3.8, 4) is 11.5 Å². The standard InChI is InChI=1S/C24H23ClN2O4/c25-20-12-19(13-21-24(20)31-11-3-10-30-21)14-22(28)26-15-17-5-7-18(8-6-17)16-27-9-2-1-4-23(27)29/h1-2,4-9,12-13H,3,10-11,14-16H2,(H,26,28). The van der Waals surface area contributed by atoms with Crippen molar-refractivity contribution >= 4 is 17.5 Å². The molecule has 0 atom stereocenters. The van der Waals surface area contributed by atoms with Crippen LogP contribution >= 0.6 is 11.6 Å². The molecule has 1 aliphatic rings. The Morgan fingerprint density at radius 3 is 2.58 bits per heavy atom. The summed E-state index contributed by atoms with van der Waals surface area (Å²) in [5, 5.41) is 3.38. The first-order valence-electron chi connectivity index (χ1n) is 10.2. The Morgan fingerprint density at radius 1 is 1.00 bits per heavy atom. The number of amides is 1. The van der Waals surface area contributed by atoms with Gasteiger partial charge in [-0.15, -0.1) is 0 Å². The van der Waals surface area contributed by atoms with Gasteiger partial charge in [0.2, 0.25) is 5.91 Å². The molecule has 0 radical (unpaired) electrons. The van der Waals surface area contributed by atoms with Crippen molar-refractivity contribution in [2.75, 3.05) is 13.2 Å². The number of hydrogen-bond acceptors (Lipinski definition) is 4. The average Bonchev–Trinajstić information content (AvgIpc) is 3.01. The van der Waals surface area contributed by atoms with Crippen molar-refractivity contribution in [3.05, 3.63) is 92.9 Å². The summed E-state index contributed by atoms with van der Waals surface area (Å²) in [6.07, 6.45) is 2.76. The Morgan fingerprint density at radius 2 is 1.77 bits per heavy atom. The molecule has 0 unspecified atom stereocenters. The molecule has 1 amide bonds. The van der Waals surface area contributed by atoms with Crippen molar-refractivity contribution < 1.29 is 14.3 Å². The fourth-order valence-corrected chi connectivity index (χ4v) is 3.67. The van der Waals surface area contributed by atoms with Crippen molar-refractivity contribution in [3.63, 3.8) is 0 Å². The second-order valence-corrected chi connectivity index (χ2v) is 7.80. The van der Waals surface area contributed by atoms with Gasteiger partial charge in [-0.1, -0.05) is 41.9 Å². The molecule has 0 saturated carbocycles. The molecule has 2 aromatic carbocycles. The van der Waals surface area contributed by atoms with Crippen LogP contribution in [0.15, 0.2) is 65.6 Å². The fourth-order valence-electron chi connectivity index (χ4n) is 3.39. The van der Waals surface area contributed by atoms with Crippen LogP contribution in [0.4, 0.5) is 0 Å². The van der Waals surface area contributed by atoms with Gasteiger partial charge in [-0.2, -0.15) is 0 Å². The molecule has 0 bridgehead atoms. The Hall–Kier alpha value is -3.25. The molecule has 7 heteroatoms. The number of nitrogens with zero attached hydrogens (tertiary/aromatic N) is 1. The Labute approximate surface area is 185 Å². The van der Waals surface area contributed by atoms with Crippen LogP contribution in [0.3, 0.4) is 0 Å². The first kappa shape index (κ1) is 21.0. The van der Waals surface area contributed by atoms with E-state index in [2.05, 4.69) is 5.32 Å². The van der Waals surface area contributed by atoms with Gasteiger partial charge in [0.25, 0.3) is 5.56 Å². The highest BCUT2D eigenvalue weighted by atomic mass is 35.5. The third-order valence-corrected chi connectivity index (χ3v) is 5.27. The maximum Gasteiger partial charge on any atom is 0.250 e. The molecule has 3 aromatic rings. The molecule has 1 aromatic heterocycles. The minimum absolute atomic E-state index is 0.0336. The number of aromatic nitrogens is 1. The Balaban J connectivity index is 1.33. The minimum Gasteiger partial charge on any atom is -0.489 e. The van der Waals surface area contributed by atoms with Gasteiger partial charge in [0.1, 0.15) is 0 Å². The largest absolute Gasteiger partial charge is 0.489 e. The quantitative estimate of drug-likeness (QED) is 0.638. The number of fused-ring (bicyclic) bond motifs is 1. The van der Waals surface area contributed by atoms with Crippen LogP contribution in [0.1, 0.15) is 23.1 Å². The van der Waals surface area contributed by atoms with E-state index in [-0.39, 0.29) is 17.9 Å². The maximum absolute atomic E-state index is 12.4. The molecule has 0 fully saturated rings. The zero-order chi connectivity index (χ0) is 21.6. The minimum atomic E-state index is -0.106. The molecule has 6 nitrogen and oxygen atoms in total. The van der Waals surface area contributed by atoms with Gasteiger partial charge in [0.05, 0.1) is 31.2 Å². The van der Waals surface area contributed by atoms with Gasteiger partial charge in [-0.05, 0) is 34.9 Å². The van der Waals surface area contributed by atoms with Crippen molar-refractivity contribution in [1.82, 2.24) is 9.88 Å². The van der Waals surface area contributed by atoms with Crippen LogP contribution in [0.2, 0.25) is 5.02 Å². The third kappa shape index (κ3) is 5.47. The van der Waals surface area contributed by atoms with E-state index in [4.69, 9.17) is 21.1 Å². The lowest BCUT2D eigenvalue weighted by Crippen LogP contribution is -2.24. The molecule has 2 heterocycles. The van der Waals surface area contributed by atoms with Crippen LogP contribution in [0.25, 0.3) is 0 Å². The smallest absolute Gasteiger partial charge is 0.250 e. The molecule has 0 saturated heterocycles. The number of carbonyl (C=O) groups excluding carboxylic acids is 1. The second kappa shape index (κ2) is 9.71. The van der Waals surface area contributed by atoms with Gasteiger partial charge in [-0.25, -0.2) is 0 Å². The highest BCUT2D eigenvalue weighted by Crippen LogP contribution is 2.38. The zero-order valence-electron chi connectivity index (χ0n) is 17.0. The van der Waals surface area contributed by atoms with Crippen LogP contribution < -0.4 is 20.3 Å². The number of halogens is 1. The Bertz CT molecular complexity index is 1130. The summed E-state index contributed by atoms with van der Waals surface area (Å²) in [5.41, 5.74) is 2.74. The normalized spacial score (nSPS) is 12.8. The van der Waals surface area contributed by atoms with E-state index in [1.54, 1.807) is 29.0 Å². The summed E-state index contributed by atoms with van der Waals surface area (Å²) < 4.78 is 13.0. The molecule has 4 rings (SSSR count). The number of nitrogens with one attached hydrogen (secondary N) is 1. The first-order valence-corrected chi connectivity index (χ1v) is 10.5. The highest BCUT2D eigenvalue weighted by molar-refractivity contribution is 6.32. The van der Waals surface area contributed by atoms with Gasteiger partial charge in [0, 0.05) is 25.2 Å². The number of ether oxygens (including phenoxy) is 2. The number of hydrogen-bond donors (Lipinski definition) is 1. The molecule has 1 N–H and O–H groups in total. The van der Waals surface area contributed by atoms with Gasteiger partial charge in [-0.3, -0.25) is 9.59 Å².